The molecule has 0 aromatic heterocycles. The van der Waals surface area contributed by atoms with Gasteiger partial charge in [0.15, 0.2) is 10.2 Å². The van der Waals surface area contributed by atoms with E-state index in [0.29, 0.717) is 0 Å². The van der Waals surface area contributed by atoms with Crippen molar-refractivity contribution in [2.24, 2.45) is 0 Å². The molecule has 0 unspecified atom stereocenters. The maximum absolute atomic E-state index is 8.91. The van der Waals surface area contributed by atoms with Crippen molar-refractivity contribution in [3.05, 3.63) is 0 Å². The van der Waals surface area contributed by atoms with Crippen LogP contribution in [-0.2, 0) is 0 Å². The predicted octanol–water partition coefficient (Wildman–Crippen LogP) is 0.469. The third-order valence-electron chi connectivity index (χ3n) is 0. The van der Waals surface area contributed by atoms with E-state index < -0.39 is 5.59 Å². The summed E-state index contributed by atoms with van der Waals surface area (Å²) in [6.45, 7) is 0. The number of rotatable bonds is 0. The van der Waals surface area contributed by atoms with Crippen LogP contribution in [0.4, 0.5) is 4.79 Å². The summed E-state index contributed by atoms with van der Waals surface area (Å²) in [5, 5.41) is 7.33. The van der Waals surface area contributed by atoms with Gasteiger partial charge in [0.2, 0.25) is 0 Å². The van der Waals surface area contributed by atoms with Crippen LogP contribution in [0, 0.1) is 0 Å². The predicted molar refractivity (Wildman–Crippen MR) is 20.5 cm³/mol. The van der Waals surface area contributed by atoms with Gasteiger partial charge < -0.3 is 5.11 Å². The van der Waals surface area contributed by atoms with Gasteiger partial charge in [-0.3, -0.25) is 4.79 Å². The van der Waals surface area contributed by atoms with Crippen molar-refractivity contribution < 1.29 is 9.90 Å². The minimum absolute atomic E-state index is 0. The Bertz CT molecular complexity index is 30.6. The Labute approximate surface area is 34.2 Å². The summed E-state index contributed by atoms with van der Waals surface area (Å²) in [4.78, 5) is 8.91. The highest BCUT2D eigenvalue weighted by molar-refractivity contribution is 6.54. The van der Waals surface area contributed by atoms with Crippen LogP contribution < -0.4 is 0 Å². The highest BCUT2D eigenvalue weighted by atomic mass is 28.1. The first kappa shape index (κ1) is 8.82. The van der Waals surface area contributed by atoms with Gasteiger partial charge in [0.25, 0.3) is 5.59 Å². The second kappa shape index (κ2) is 3.69. The van der Waals surface area contributed by atoms with E-state index in [0.717, 1.165) is 0 Å². The molecular weight excluding hydrogens is 84.1 g/mol. The molecule has 0 heterocycles. The van der Waals surface area contributed by atoms with Crippen molar-refractivity contribution >= 4 is 15.8 Å². The molecule has 0 aromatic carbocycles. The molecule has 1 N–H and O–H groups in total. The van der Waals surface area contributed by atoms with Crippen molar-refractivity contribution in [1.82, 2.24) is 0 Å². The lowest BCUT2D eigenvalue weighted by atomic mass is 11.6. The SMILES string of the molecule is C.O=C(O)[Si]. The maximum Gasteiger partial charge on any atom is 0.262 e. The molecule has 0 atom stereocenters. The van der Waals surface area contributed by atoms with Gasteiger partial charge in [-0.05, 0) is 0 Å². The highest BCUT2D eigenvalue weighted by Crippen LogP contribution is 1.41. The van der Waals surface area contributed by atoms with Gasteiger partial charge in [-0.15, -0.1) is 0 Å². The zero-order valence-electron chi connectivity index (χ0n) is 1.86. The van der Waals surface area contributed by atoms with Crippen LogP contribution in [0.3, 0.4) is 0 Å². The van der Waals surface area contributed by atoms with Crippen LogP contribution >= 0.6 is 0 Å². The molecule has 0 bridgehead atoms. The molecule has 3 radical (unpaired) electrons. The van der Waals surface area contributed by atoms with Gasteiger partial charge in [0, 0.05) is 0 Å². The fraction of sp³-hybridized carbons (Fsp3) is 0.500. The van der Waals surface area contributed by atoms with Crippen molar-refractivity contribution in [1.29, 1.82) is 0 Å². The molecule has 29 valence electrons. The van der Waals surface area contributed by atoms with Gasteiger partial charge in [-0.25, -0.2) is 0 Å². The number of carboxylic acid groups (broad SMARTS) is 1. The highest BCUT2D eigenvalue weighted by Gasteiger charge is 1.67. The Morgan fingerprint density at radius 1 is 1.80 bits per heavy atom. The molecule has 0 aromatic rings. The quantitative estimate of drug-likeness (QED) is 0.438. The standard InChI is InChI=1S/CHO2Si.CH4/c2-1(3)4;/h(H,2,3);1H4. The summed E-state index contributed by atoms with van der Waals surface area (Å²) in [6, 6.07) is 0. The zero-order valence-corrected chi connectivity index (χ0v) is 2.86. The maximum atomic E-state index is 8.91. The molecule has 0 spiro atoms. The Morgan fingerprint density at radius 2 is 1.80 bits per heavy atom. The van der Waals surface area contributed by atoms with Crippen LogP contribution in [-0.4, -0.2) is 20.9 Å². The average Bonchev–Trinajstić information content (AvgIpc) is 0.811. The molecule has 5 heavy (non-hydrogen) atoms. The molecule has 0 rings (SSSR count). The number of carbonyl (C=O) groups is 1. The first-order valence-corrected chi connectivity index (χ1v) is 1.18. The van der Waals surface area contributed by atoms with Gasteiger partial charge in [0.1, 0.15) is 0 Å². The molecule has 0 amide bonds. The largest absolute Gasteiger partial charge is 0.486 e. The summed E-state index contributed by atoms with van der Waals surface area (Å²) in [5.41, 5.74) is -1.03. The Morgan fingerprint density at radius 3 is 1.80 bits per heavy atom. The van der Waals surface area contributed by atoms with E-state index >= 15 is 0 Å². The van der Waals surface area contributed by atoms with Crippen LogP contribution in [0.15, 0.2) is 0 Å². The molecule has 0 fully saturated rings. The van der Waals surface area contributed by atoms with E-state index in [1.54, 1.807) is 0 Å². The first-order valence-electron chi connectivity index (χ1n) is 0.678. The van der Waals surface area contributed by atoms with E-state index in [-0.39, 0.29) is 7.43 Å². The topological polar surface area (TPSA) is 37.3 Å². The minimum Gasteiger partial charge on any atom is -0.486 e. The van der Waals surface area contributed by atoms with E-state index in [1.807, 2.05) is 0 Å². The normalized spacial score (nSPS) is 5.00. The molecular formula is C2H5O2Si. The van der Waals surface area contributed by atoms with Crippen molar-refractivity contribution in [2.45, 2.75) is 7.43 Å². The molecule has 2 nitrogen and oxygen atoms in total. The van der Waals surface area contributed by atoms with Crippen LogP contribution in [0.2, 0.25) is 0 Å². The first-order chi connectivity index (χ1) is 1.73. The lowest BCUT2D eigenvalue weighted by Crippen LogP contribution is -1.83. The second-order valence-corrected chi connectivity index (χ2v) is 0.733. The second-order valence-electron chi connectivity index (χ2n) is 0.305. The molecule has 3 heteroatoms. The van der Waals surface area contributed by atoms with Crippen molar-refractivity contribution in [2.75, 3.05) is 0 Å². The zero-order chi connectivity index (χ0) is 3.58. The smallest absolute Gasteiger partial charge is 0.262 e. The van der Waals surface area contributed by atoms with Crippen LogP contribution in [0.25, 0.3) is 0 Å². The monoisotopic (exact) mass is 89.0 g/mol. The van der Waals surface area contributed by atoms with E-state index in [1.165, 1.54) is 0 Å². The third kappa shape index (κ3) is 107. The van der Waals surface area contributed by atoms with Crippen molar-refractivity contribution in [3.8, 4) is 0 Å². The average molecular weight is 89.1 g/mol. The third-order valence-corrected chi connectivity index (χ3v) is 0. The fourth-order valence-electron chi connectivity index (χ4n) is 0. The summed E-state index contributed by atoms with van der Waals surface area (Å²) in [6.07, 6.45) is 0. The number of hydrogen-bond acceptors (Lipinski definition) is 1. The Kier molecular flexibility index (Phi) is 6.51. The molecule has 0 aliphatic heterocycles. The lowest BCUT2D eigenvalue weighted by Gasteiger charge is -1.59. The molecule has 0 saturated heterocycles. The van der Waals surface area contributed by atoms with E-state index in [4.69, 9.17) is 9.90 Å². The van der Waals surface area contributed by atoms with Gasteiger partial charge >= 0.3 is 0 Å². The van der Waals surface area contributed by atoms with E-state index in [9.17, 15) is 0 Å². The summed E-state index contributed by atoms with van der Waals surface area (Å²) in [5.74, 6) is 0. The summed E-state index contributed by atoms with van der Waals surface area (Å²) >= 11 is 0. The molecule has 0 aliphatic carbocycles. The van der Waals surface area contributed by atoms with Gasteiger partial charge in [0.05, 0.1) is 0 Å². The minimum atomic E-state index is -1.03. The van der Waals surface area contributed by atoms with Crippen LogP contribution in [0.1, 0.15) is 7.43 Å². The number of hydrogen-bond donors (Lipinski definition) is 1. The Balaban J connectivity index is 0. The lowest BCUT2D eigenvalue weighted by molar-refractivity contribution is 0.220. The fourth-order valence-corrected chi connectivity index (χ4v) is 0. The van der Waals surface area contributed by atoms with Gasteiger partial charge in [-0.1, -0.05) is 7.43 Å². The Hall–Kier alpha value is -0.313. The molecule has 0 saturated carbocycles. The summed E-state index contributed by atoms with van der Waals surface area (Å²) < 4.78 is 0. The summed E-state index contributed by atoms with van der Waals surface area (Å²) in [7, 11) is 2.23. The van der Waals surface area contributed by atoms with Gasteiger partial charge in [-0.2, -0.15) is 0 Å². The molecule has 0 aliphatic rings. The van der Waals surface area contributed by atoms with Crippen LogP contribution in [0.5, 0.6) is 0 Å². The van der Waals surface area contributed by atoms with Crippen molar-refractivity contribution in [3.63, 3.8) is 0 Å². The van der Waals surface area contributed by atoms with E-state index in [2.05, 4.69) is 10.2 Å².